The van der Waals surface area contributed by atoms with E-state index in [0.29, 0.717) is 25.3 Å². The number of likely N-dealkylation sites (tertiary alicyclic amines) is 1. The molecule has 0 radical (unpaired) electrons. The van der Waals surface area contributed by atoms with Gasteiger partial charge in [0.15, 0.2) is 0 Å². The van der Waals surface area contributed by atoms with Gasteiger partial charge in [-0.25, -0.2) is 4.98 Å². The van der Waals surface area contributed by atoms with Gasteiger partial charge >= 0.3 is 0 Å². The van der Waals surface area contributed by atoms with Crippen LogP contribution in [0, 0.1) is 11.3 Å². The van der Waals surface area contributed by atoms with Gasteiger partial charge < -0.3 is 15.6 Å². The molecule has 160 valence electrons. The fourth-order valence-electron chi connectivity index (χ4n) is 5.75. The lowest BCUT2D eigenvalue weighted by Crippen LogP contribution is -2.41. The number of amides is 2. The van der Waals surface area contributed by atoms with Crippen LogP contribution >= 0.6 is 0 Å². The van der Waals surface area contributed by atoms with E-state index in [1.807, 2.05) is 24.4 Å². The number of hydrogen-bond donors (Lipinski definition) is 2. The molecule has 6 nitrogen and oxygen atoms in total. The van der Waals surface area contributed by atoms with Gasteiger partial charge in [0.1, 0.15) is 0 Å². The Morgan fingerprint density at radius 2 is 2.10 bits per heavy atom. The second-order valence-electron chi connectivity index (χ2n) is 9.29. The van der Waals surface area contributed by atoms with Crippen molar-refractivity contribution >= 4 is 11.8 Å². The molecule has 1 aliphatic carbocycles. The van der Waals surface area contributed by atoms with Crippen LogP contribution in [0.3, 0.4) is 0 Å². The summed E-state index contributed by atoms with van der Waals surface area (Å²) in [6.45, 7) is 0.676. The first kappa shape index (κ1) is 20.6. The molecule has 2 aromatic rings. The number of aromatic nitrogens is 2. The number of nitrogens with one attached hydrogen (secondary N) is 1. The van der Waals surface area contributed by atoms with Crippen molar-refractivity contribution in [1.29, 1.82) is 0 Å². The first-order valence-corrected chi connectivity index (χ1v) is 11.1. The molecule has 2 heterocycles. The highest BCUT2D eigenvalue weighted by molar-refractivity contribution is 5.78. The largest absolute Gasteiger partial charge is 0.370 e. The molecule has 1 aromatic carbocycles. The quantitative estimate of drug-likeness (QED) is 0.699. The van der Waals surface area contributed by atoms with Crippen LogP contribution in [0.2, 0.25) is 0 Å². The molecule has 1 aromatic heterocycles. The standard InChI is InChI=1S/C24H32N4O2/c25-22(29)11-19-7-4-10-24(12-19,13-20-15-26-17-27-20)14-21-8-9-23(30)28(21)16-18-5-2-1-3-6-18/h1-3,5-6,15,17,19,21H,4,7-14,16H2,(H2,25,29)(H,26,27)/t19-,21+,24-/m1/s1. The second-order valence-corrected chi connectivity index (χ2v) is 9.29. The molecule has 3 N–H and O–H groups in total. The molecule has 2 aliphatic rings. The van der Waals surface area contributed by atoms with Crippen LogP contribution in [0.15, 0.2) is 42.9 Å². The van der Waals surface area contributed by atoms with E-state index < -0.39 is 0 Å². The van der Waals surface area contributed by atoms with E-state index in [0.717, 1.165) is 50.6 Å². The zero-order valence-electron chi connectivity index (χ0n) is 17.6. The van der Waals surface area contributed by atoms with Crippen molar-refractivity contribution in [3.8, 4) is 0 Å². The number of carbonyl (C=O) groups is 2. The Hall–Kier alpha value is -2.63. The van der Waals surface area contributed by atoms with E-state index in [1.165, 1.54) is 5.56 Å². The van der Waals surface area contributed by atoms with Crippen molar-refractivity contribution in [3.63, 3.8) is 0 Å². The van der Waals surface area contributed by atoms with Gasteiger partial charge in [-0.15, -0.1) is 0 Å². The predicted octanol–water partition coefficient (Wildman–Crippen LogP) is 3.59. The van der Waals surface area contributed by atoms with Crippen molar-refractivity contribution < 1.29 is 9.59 Å². The number of aromatic amines is 1. The van der Waals surface area contributed by atoms with Crippen molar-refractivity contribution in [2.75, 3.05) is 0 Å². The number of hydrogen-bond acceptors (Lipinski definition) is 3. The highest BCUT2D eigenvalue weighted by atomic mass is 16.2. The summed E-state index contributed by atoms with van der Waals surface area (Å²) in [4.78, 5) is 33.9. The molecule has 1 saturated carbocycles. The molecule has 30 heavy (non-hydrogen) atoms. The van der Waals surface area contributed by atoms with E-state index in [4.69, 9.17) is 5.73 Å². The maximum Gasteiger partial charge on any atom is 0.223 e. The van der Waals surface area contributed by atoms with Gasteiger partial charge in [-0.2, -0.15) is 0 Å². The van der Waals surface area contributed by atoms with Gasteiger partial charge in [0, 0.05) is 37.3 Å². The van der Waals surface area contributed by atoms with Crippen molar-refractivity contribution in [1.82, 2.24) is 14.9 Å². The SMILES string of the molecule is NC(=O)C[C@H]1CCC[C@@](Cc2cnc[nH]2)(C[C@@H]2CCC(=O)N2Cc2ccccc2)C1. The summed E-state index contributed by atoms with van der Waals surface area (Å²) in [6, 6.07) is 10.5. The molecular formula is C24H32N4O2. The monoisotopic (exact) mass is 408 g/mol. The van der Waals surface area contributed by atoms with E-state index in [-0.39, 0.29) is 23.3 Å². The Morgan fingerprint density at radius 3 is 2.83 bits per heavy atom. The summed E-state index contributed by atoms with van der Waals surface area (Å²) >= 11 is 0. The zero-order chi connectivity index (χ0) is 21.0. The van der Waals surface area contributed by atoms with Crippen LogP contribution in [-0.2, 0) is 22.6 Å². The molecule has 2 amide bonds. The highest BCUT2D eigenvalue weighted by Gasteiger charge is 2.42. The average molecular weight is 409 g/mol. The third-order valence-electron chi connectivity index (χ3n) is 6.97. The molecule has 6 heteroatoms. The summed E-state index contributed by atoms with van der Waals surface area (Å²) in [7, 11) is 0. The maximum atomic E-state index is 12.7. The number of imidazole rings is 1. The lowest BCUT2D eigenvalue weighted by Gasteiger charge is -2.44. The number of H-pyrrole nitrogens is 1. The minimum atomic E-state index is -0.209. The summed E-state index contributed by atoms with van der Waals surface area (Å²) < 4.78 is 0. The summed E-state index contributed by atoms with van der Waals surface area (Å²) in [6.07, 6.45) is 11.8. The Kier molecular flexibility index (Phi) is 6.21. The van der Waals surface area contributed by atoms with Crippen LogP contribution in [0.1, 0.15) is 62.6 Å². The number of primary amides is 1. The van der Waals surface area contributed by atoms with Gasteiger partial charge in [0.2, 0.25) is 11.8 Å². The van der Waals surface area contributed by atoms with Gasteiger partial charge in [-0.3, -0.25) is 9.59 Å². The minimum Gasteiger partial charge on any atom is -0.370 e. The van der Waals surface area contributed by atoms with Crippen molar-refractivity contribution in [3.05, 3.63) is 54.1 Å². The Labute approximate surface area is 178 Å². The summed E-state index contributed by atoms with van der Waals surface area (Å²) in [5.41, 5.74) is 7.90. The highest BCUT2D eigenvalue weighted by Crippen LogP contribution is 2.48. The normalized spacial score (nSPS) is 26.8. The Morgan fingerprint density at radius 1 is 1.27 bits per heavy atom. The lowest BCUT2D eigenvalue weighted by atomic mass is 9.63. The van der Waals surface area contributed by atoms with Crippen LogP contribution < -0.4 is 5.73 Å². The maximum absolute atomic E-state index is 12.7. The molecule has 3 atom stereocenters. The third-order valence-corrected chi connectivity index (χ3v) is 6.97. The van der Waals surface area contributed by atoms with Crippen LogP contribution in [-0.4, -0.2) is 32.7 Å². The predicted molar refractivity (Wildman–Crippen MR) is 115 cm³/mol. The fraction of sp³-hybridized carbons (Fsp3) is 0.542. The number of benzene rings is 1. The Balaban J connectivity index is 1.54. The molecule has 0 unspecified atom stereocenters. The van der Waals surface area contributed by atoms with Gasteiger partial charge in [0.25, 0.3) is 0 Å². The molecule has 0 spiro atoms. The topological polar surface area (TPSA) is 92.1 Å². The first-order valence-electron chi connectivity index (χ1n) is 11.1. The van der Waals surface area contributed by atoms with Gasteiger partial charge in [-0.1, -0.05) is 36.8 Å². The summed E-state index contributed by atoms with van der Waals surface area (Å²) in [5, 5.41) is 0. The van der Waals surface area contributed by atoms with Crippen LogP contribution in [0.25, 0.3) is 0 Å². The van der Waals surface area contributed by atoms with Crippen molar-refractivity contribution in [2.24, 2.45) is 17.1 Å². The van der Waals surface area contributed by atoms with E-state index in [2.05, 4.69) is 27.0 Å². The molecular weight excluding hydrogens is 376 g/mol. The van der Waals surface area contributed by atoms with E-state index in [1.54, 1.807) is 6.33 Å². The Bertz CT molecular complexity index is 851. The minimum absolute atomic E-state index is 0.0646. The van der Waals surface area contributed by atoms with Crippen LogP contribution in [0.4, 0.5) is 0 Å². The van der Waals surface area contributed by atoms with E-state index in [9.17, 15) is 9.59 Å². The molecule has 1 aliphatic heterocycles. The van der Waals surface area contributed by atoms with Gasteiger partial charge in [-0.05, 0) is 55.4 Å². The third kappa shape index (κ3) is 4.91. The number of nitrogens with zero attached hydrogens (tertiary/aromatic N) is 2. The first-order chi connectivity index (χ1) is 14.5. The average Bonchev–Trinajstić information content (AvgIpc) is 3.33. The number of nitrogens with two attached hydrogens (primary N) is 1. The number of carbonyl (C=O) groups excluding carboxylic acids is 2. The van der Waals surface area contributed by atoms with Crippen LogP contribution in [0.5, 0.6) is 0 Å². The second kappa shape index (κ2) is 9.02. The molecule has 4 rings (SSSR count). The van der Waals surface area contributed by atoms with Gasteiger partial charge in [0.05, 0.1) is 6.33 Å². The zero-order valence-corrected chi connectivity index (χ0v) is 17.6. The smallest absolute Gasteiger partial charge is 0.223 e. The van der Waals surface area contributed by atoms with Crippen molar-refractivity contribution in [2.45, 2.75) is 70.4 Å². The summed E-state index contributed by atoms with van der Waals surface area (Å²) in [5.74, 6) is 0.378. The number of rotatable bonds is 8. The fourth-order valence-corrected chi connectivity index (χ4v) is 5.75. The molecule has 0 bridgehead atoms. The lowest BCUT2D eigenvalue weighted by molar-refractivity contribution is -0.130. The van der Waals surface area contributed by atoms with E-state index >= 15 is 0 Å². The molecule has 2 fully saturated rings. The molecule has 1 saturated heterocycles.